The molecule has 0 spiro atoms. The smallest absolute Gasteiger partial charge is 0.236 e. The first kappa shape index (κ1) is 21.1. The number of hydrogen-bond donors (Lipinski definition) is 2. The Morgan fingerprint density at radius 3 is 2.59 bits per heavy atom. The van der Waals surface area contributed by atoms with Crippen molar-refractivity contribution in [3.05, 3.63) is 64.5 Å². The number of rotatable bonds is 7. The first-order valence-corrected chi connectivity index (χ1v) is 11.1. The summed E-state index contributed by atoms with van der Waals surface area (Å²) >= 11 is 2.94. The summed E-state index contributed by atoms with van der Waals surface area (Å²) in [6.07, 6.45) is 0. The van der Waals surface area contributed by atoms with Gasteiger partial charge in [-0.2, -0.15) is 0 Å². The first-order chi connectivity index (χ1) is 13.9. The van der Waals surface area contributed by atoms with Crippen molar-refractivity contribution >= 4 is 40.0 Å². The molecule has 29 heavy (non-hydrogen) atoms. The summed E-state index contributed by atoms with van der Waals surface area (Å²) in [5.74, 6) is 0.226. The van der Waals surface area contributed by atoms with Crippen molar-refractivity contribution in [1.29, 1.82) is 0 Å². The maximum absolute atomic E-state index is 12.3. The molecule has 1 heterocycles. The largest absolute Gasteiger partial charge is 0.352 e. The van der Waals surface area contributed by atoms with Crippen molar-refractivity contribution in [3.8, 4) is 11.3 Å². The molecule has 3 aromatic rings. The Balaban J connectivity index is 1.56. The molecule has 0 unspecified atom stereocenters. The number of nitrogens with one attached hydrogen (secondary N) is 2. The van der Waals surface area contributed by atoms with Gasteiger partial charge in [0.1, 0.15) is 0 Å². The standard InChI is InChI=1S/C22H23N3O2S2/c1-14-4-5-15(2)20(10-14)28-13-21(27)25-22-24-19(12-29-22)18-8-6-17(7-9-18)11-23-16(3)26/h4-10,12H,11,13H2,1-3H3,(H,23,26)(H,24,25,27). The summed E-state index contributed by atoms with van der Waals surface area (Å²) < 4.78 is 0. The van der Waals surface area contributed by atoms with Gasteiger partial charge in [0.25, 0.3) is 0 Å². The summed E-state index contributed by atoms with van der Waals surface area (Å²) in [5, 5.41) is 8.17. The highest BCUT2D eigenvalue weighted by Crippen LogP contribution is 2.27. The van der Waals surface area contributed by atoms with Crippen LogP contribution in [0.1, 0.15) is 23.6 Å². The number of aryl methyl sites for hydroxylation is 2. The zero-order valence-corrected chi connectivity index (χ0v) is 18.2. The number of hydrogen-bond acceptors (Lipinski definition) is 5. The summed E-state index contributed by atoms with van der Waals surface area (Å²) in [6.45, 7) is 6.10. The Bertz CT molecular complexity index is 1010. The number of carbonyl (C=O) groups excluding carboxylic acids is 2. The molecular formula is C22H23N3O2S2. The fourth-order valence-electron chi connectivity index (χ4n) is 2.65. The van der Waals surface area contributed by atoms with Gasteiger partial charge in [0, 0.05) is 29.3 Å². The number of anilines is 1. The van der Waals surface area contributed by atoms with Crippen molar-refractivity contribution in [2.45, 2.75) is 32.2 Å². The van der Waals surface area contributed by atoms with Crippen molar-refractivity contribution in [2.75, 3.05) is 11.1 Å². The molecule has 150 valence electrons. The molecule has 0 fully saturated rings. The van der Waals surface area contributed by atoms with Gasteiger partial charge >= 0.3 is 0 Å². The third-order valence-electron chi connectivity index (χ3n) is 4.24. The summed E-state index contributed by atoms with van der Waals surface area (Å²) in [5.41, 5.74) is 5.17. The molecule has 0 bridgehead atoms. The predicted molar refractivity (Wildman–Crippen MR) is 120 cm³/mol. The van der Waals surface area contributed by atoms with E-state index in [1.54, 1.807) is 0 Å². The van der Waals surface area contributed by atoms with Crippen LogP contribution in [0.15, 0.2) is 52.7 Å². The quantitative estimate of drug-likeness (QED) is 0.534. The summed E-state index contributed by atoms with van der Waals surface area (Å²) in [7, 11) is 0. The van der Waals surface area contributed by atoms with Crippen molar-refractivity contribution in [3.63, 3.8) is 0 Å². The Labute approximate surface area is 179 Å². The maximum atomic E-state index is 12.3. The van der Waals surface area contributed by atoms with Crippen LogP contribution in [0.25, 0.3) is 11.3 Å². The molecule has 2 amide bonds. The molecule has 0 aliphatic heterocycles. The lowest BCUT2D eigenvalue weighted by Gasteiger charge is -2.06. The molecule has 0 aliphatic rings. The molecule has 3 rings (SSSR count). The number of thiazole rings is 1. The lowest BCUT2D eigenvalue weighted by molar-refractivity contribution is -0.119. The minimum atomic E-state index is -0.0672. The summed E-state index contributed by atoms with van der Waals surface area (Å²) in [6, 6.07) is 14.1. The van der Waals surface area contributed by atoms with E-state index < -0.39 is 0 Å². The number of benzene rings is 2. The fraction of sp³-hybridized carbons (Fsp3) is 0.227. The van der Waals surface area contributed by atoms with Crippen LogP contribution < -0.4 is 10.6 Å². The van der Waals surface area contributed by atoms with Crippen LogP contribution in [0.2, 0.25) is 0 Å². The van der Waals surface area contributed by atoms with Crippen LogP contribution >= 0.6 is 23.1 Å². The average molecular weight is 426 g/mol. The second-order valence-corrected chi connectivity index (χ2v) is 8.63. The van der Waals surface area contributed by atoms with Crippen LogP contribution in [0.5, 0.6) is 0 Å². The number of aromatic nitrogens is 1. The molecular weight excluding hydrogens is 402 g/mol. The van der Waals surface area contributed by atoms with Gasteiger partial charge in [-0.3, -0.25) is 9.59 Å². The third kappa shape index (κ3) is 6.17. The molecule has 5 nitrogen and oxygen atoms in total. The van der Waals surface area contributed by atoms with Crippen LogP contribution in [0.4, 0.5) is 5.13 Å². The van der Waals surface area contributed by atoms with Crippen molar-refractivity contribution in [1.82, 2.24) is 10.3 Å². The highest BCUT2D eigenvalue weighted by Gasteiger charge is 2.10. The molecule has 0 radical (unpaired) electrons. The molecule has 7 heteroatoms. The number of nitrogens with zero attached hydrogens (tertiary/aromatic N) is 1. The highest BCUT2D eigenvalue weighted by atomic mass is 32.2. The average Bonchev–Trinajstić information content (AvgIpc) is 3.16. The second kappa shape index (κ2) is 9.71. The van der Waals surface area contributed by atoms with Crippen LogP contribution in [0.3, 0.4) is 0 Å². The van der Waals surface area contributed by atoms with Crippen molar-refractivity contribution < 1.29 is 9.59 Å². The van der Waals surface area contributed by atoms with Gasteiger partial charge in [0.15, 0.2) is 5.13 Å². The second-order valence-electron chi connectivity index (χ2n) is 6.75. The zero-order valence-electron chi connectivity index (χ0n) is 16.6. The SMILES string of the molecule is CC(=O)NCc1ccc(-c2csc(NC(=O)CSc3cc(C)ccc3C)n2)cc1. The van der Waals surface area contributed by atoms with Gasteiger partial charge in [0.05, 0.1) is 11.4 Å². The number of amides is 2. The number of carbonyl (C=O) groups is 2. The van der Waals surface area contributed by atoms with Gasteiger partial charge in [-0.05, 0) is 31.0 Å². The van der Waals surface area contributed by atoms with E-state index in [1.807, 2.05) is 43.5 Å². The number of thioether (sulfide) groups is 1. The van der Waals surface area contributed by atoms with Crippen molar-refractivity contribution in [2.24, 2.45) is 0 Å². The molecule has 1 aromatic heterocycles. The lowest BCUT2D eigenvalue weighted by Crippen LogP contribution is -2.18. The normalized spacial score (nSPS) is 10.6. The van der Waals surface area contributed by atoms with Crippen LogP contribution in [-0.4, -0.2) is 22.6 Å². The topological polar surface area (TPSA) is 71.1 Å². The van der Waals surface area contributed by atoms with E-state index in [1.165, 1.54) is 41.1 Å². The molecule has 0 saturated carbocycles. The zero-order chi connectivity index (χ0) is 20.8. The van der Waals surface area contributed by atoms with E-state index in [4.69, 9.17) is 0 Å². The van der Waals surface area contributed by atoms with Crippen LogP contribution in [0, 0.1) is 13.8 Å². The third-order valence-corrected chi connectivity index (χ3v) is 6.16. The van der Waals surface area contributed by atoms with Gasteiger partial charge in [-0.15, -0.1) is 23.1 Å². The van der Waals surface area contributed by atoms with Gasteiger partial charge < -0.3 is 10.6 Å². The Hall–Kier alpha value is -2.64. The van der Waals surface area contributed by atoms with E-state index in [0.717, 1.165) is 21.7 Å². The van der Waals surface area contributed by atoms with E-state index in [2.05, 4.69) is 33.8 Å². The fourth-order valence-corrected chi connectivity index (χ4v) is 4.30. The first-order valence-electron chi connectivity index (χ1n) is 9.20. The lowest BCUT2D eigenvalue weighted by atomic mass is 10.1. The monoisotopic (exact) mass is 425 g/mol. The predicted octanol–water partition coefficient (Wildman–Crippen LogP) is 4.79. The molecule has 0 aliphatic carbocycles. The maximum Gasteiger partial charge on any atom is 0.236 e. The van der Waals surface area contributed by atoms with E-state index >= 15 is 0 Å². The Morgan fingerprint density at radius 2 is 1.86 bits per heavy atom. The minimum Gasteiger partial charge on any atom is -0.352 e. The van der Waals surface area contributed by atoms with Gasteiger partial charge in [-0.25, -0.2) is 4.98 Å². The minimum absolute atomic E-state index is 0.0512. The highest BCUT2D eigenvalue weighted by molar-refractivity contribution is 8.00. The molecule has 0 saturated heterocycles. The van der Waals surface area contributed by atoms with E-state index in [-0.39, 0.29) is 11.8 Å². The Kier molecular flexibility index (Phi) is 7.06. The van der Waals surface area contributed by atoms with E-state index in [0.29, 0.717) is 17.4 Å². The van der Waals surface area contributed by atoms with E-state index in [9.17, 15) is 9.59 Å². The molecule has 2 aromatic carbocycles. The van der Waals surface area contributed by atoms with Crippen LogP contribution in [-0.2, 0) is 16.1 Å². The van der Waals surface area contributed by atoms with Gasteiger partial charge in [-0.1, -0.05) is 42.0 Å². The molecule has 0 atom stereocenters. The molecule has 2 N–H and O–H groups in total. The summed E-state index contributed by atoms with van der Waals surface area (Å²) in [4.78, 5) is 28.9. The van der Waals surface area contributed by atoms with Gasteiger partial charge in [0.2, 0.25) is 11.8 Å². The Morgan fingerprint density at radius 1 is 1.10 bits per heavy atom.